The average molecular weight is 432 g/mol. The smallest absolute Gasteiger partial charge is 0.255 e. The minimum absolute atomic E-state index is 0.0589. The van der Waals surface area contributed by atoms with Crippen LogP contribution in [-0.2, 0) is 9.53 Å². The van der Waals surface area contributed by atoms with Crippen molar-refractivity contribution in [3.05, 3.63) is 48.0 Å². The number of carbonyl (C=O) groups excluding carboxylic acids is 2. The number of benzene rings is 1. The van der Waals surface area contributed by atoms with Gasteiger partial charge in [-0.1, -0.05) is 6.07 Å². The quantitative estimate of drug-likeness (QED) is 0.694. The van der Waals surface area contributed by atoms with Crippen LogP contribution in [0.15, 0.2) is 36.7 Å². The van der Waals surface area contributed by atoms with E-state index >= 15 is 0 Å². The summed E-state index contributed by atoms with van der Waals surface area (Å²) in [5, 5.41) is 7.18. The number of nitrogens with one attached hydrogen (secondary N) is 1. The summed E-state index contributed by atoms with van der Waals surface area (Å²) >= 11 is 0. The predicted molar refractivity (Wildman–Crippen MR) is 115 cm³/mol. The second-order valence-corrected chi connectivity index (χ2v) is 8.31. The lowest BCUT2D eigenvalue weighted by atomic mass is 10.2. The normalized spacial score (nSPS) is 19.0. The zero-order valence-electron chi connectivity index (χ0n) is 18.4. The lowest BCUT2D eigenvalue weighted by Gasteiger charge is -2.27. The van der Waals surface area contributed by atoms with Gasteiger partial charge in [0.25, 0.3) is 5.91 Å². The van der Waals surface area contributed by atoms with Crippen LogP contribution in [0.5, 0.6) is 0 Å². The Bertz CT molecular complexity index is 914. The summed E-state index contributed by atoms with van der Waals surface area (Å²) in [6.07, 6.45) is 4.21. The molecule has 2 heterocycles. The van der Waals surface area contributed by atoms with E-state index in [2.05, 4.69) is 29.2 Å². The molecule has 1 aliphatic heterocycles. The number of carbonyl (C=O) groups is 2. The molecule has 1 aliphatic rings. The molecule has 1 N–H and O–H groups in total. The summed E-state index contributed by atoms with van der Waals surface area (Å²) in [6.45, 7) is 5.60. The molecule has 0 bridgehead atoms. The van der Waals surface area contributed by atoms with Crippen LogP contribution in [0.25, 0.3) is 0 Å². The summed E-state index contributed by atoms with van der Waals surface area (Å²) in [5.74, 6) is -0.897. The molecule has 3 rings (SSSR count). The Kier molecular flexibility index (Phi) is 7.40. The SMILES string of the molecule is CC(C)N1C[C@@H](n2cc(NC(=O)c3cccc(F)c3)cn2)C[C@H]1COCC(=O)N(C)C. The van der Waals surface area contributed by atoms with Gasteiger partial charge in [0.15, 0.2) is 0 Å². The zero-order chi connectivity index (χ0) is 22.5. The van der Waals surface area contributed by atoms with Crippen molar-refractivity contribution in [2.24, 2.45) is 0 Å². The third kappa shape index (κ3) is 5.89. The molecule has 1 fully saturated rings. The number of amides is 2. The number of aromatic nitrogens is 2. The summed E-state index contributed by atoms with van der Waals surface area (Å²) < 4.78 is 20.9. The Morgan fingerprint density at radius 2 is 2.13 bits per heavy atom. The fourth-order valence-corrected chi connectivity index (χ4v) is 3.75. The van der Waals surface area contributed by atoms with Crippen LogP contribution in [0, 0.1) is 5.82 Å². The molecule has 1 aromatic carbocycles. The number of ether oxygens (including phenoxy) is 1. The van der Waals surface area contributed by atoms with Gasteiger partial charge in [-0.3, -0.25) is 19.2 Å². The van der Waals surface area contributed by atoms with Crippen molar-refractivity contribution in [1.29, 1.82) is 0 Å². The standard InChI is InChI=1S/C22H30FN5O3/c1-15(2)27-12-19(9-20(27)13-31-14-21(29)26(3)4)28-11-18(10-24-28)25-22(30)16-6-5-7-17(23)8-16/h5-8,10-11,15,19-20H,9,12-14H2,1-4H3,(H,25,30)/t19-,20-/m0/s1. The third-order valence-electron chi connectivity index (χ3n) is 5.45. The van der Waals surface area contributed by atoms with Gasteiger partial charge in [0, 0.05) is 44.5 Å². The highest BCUT2D eigenvalue weighted by Gasteiger charge is 2.35. The Balaban J connectivity index is 1.60. The van der Waals surface area contributed by atoms with Crippen molar-refractivity contribution in [3.8, 4) is 0 Å². The second-order valence-electron chi connectivity index (χ2n) is 8.31. The summed E-state index contributed by atoms with van der Waals surface area (Å²) in [6, 6.07) is 6.18. The molecule has 0 radical (unpaired) electrons. The van der Waals surface area contributed by atoms with Gasteiger partial charge in [-0.05, 0) is 38.5 Å². The first kappa shape index (κ1) is 22.9. The fraction of sp³-hybridized carbons (Fsp3) is 0.500. The minimum atomic E-state index is -0.455. The lowest BCUT2D eigenvalue weighted by Crippen LogP contribution is -2.39. The van der Waals surface area contributed by atoms with E-state index in [1.54, 1.807) is 32.6 Å². The van der Waals surface area contributed by atoms with Gasteiger partial charge < -0.3 is 15.0 Å². The maximum atomic E-state index is 13.4. The highest BCUT2D eigenvalue weighted by Crippen LogP contribution is 2.29. The number of anilines is 1. The van der Waals surface area contributed by atoms with Gasteiger partial charge >= 0.3 is 0 Å². The molecule has 0 unspecified atom stereocenters. The number of likely N-dealkylation sites (N-methyl/N-ethyl adjacent to an activating group) is 1. The highest BCUT2D eigenvalue weighted by molar-refractivity contribution is 6.04. The highest BCUT2D eigenvalue weighted by atomic mass is 19.1. The number of nitrogens with zero attached hydrogens (tertiary/aromatic N) is 4. The van der Waals surface area contributed by atoms with Crippen molar-refractivity contribution in [1.82, 2.24) is 19.6 Å². The molecule has 1 saturated heterocycles. The number of hydrogen-bond acceptors (Lipinski definition) is 5. The third-order valence-corrected chi connectivity index (χ3v) is 5.45. The van der Waals surface area contributed by atoms with E-state index < -0.39 is 5.82 Å². The monoisotopic (exact) mass is 431 g/mol. The number of rotatable bonds is 8. The van der Waals surface area contributed by atoms with Crippen molar-refractivity contribution >= 4 is 17.5 Å². The van der Waals surface area contributed by atoms with E-state index in [9.17, 15) is 14.0 Å². The zero-order valence-corrected chi connectivity index (χ0v) is 18.4. The van der Waals surface area contributed by atoms with Crippen LogP contribution < -0.4 is 5.32 Å². The van der Waals surface area contributed by atoms with E-state index in [0.717, 1.165) is 13.0 Å². The van der Waals surface area contributed by atoms with Crippen LogP contribution in [0.1, 0.15) is 36.7 Å². The average Bonchev–Trinajstić information content (AvgIpc) is 3.35. The van der Waals surface area contributed by atoms with Gasteiger partial charge in [0.1, 0.15) is 12.4 Å². The molecular formula is C22H30FN5O3. The molecule has 2 atom stereocenters. The molecule has 0 spiro atoms. The molecule has 1 aromatic heterocycles. The second kappa shape index (κ2) is 10.0. The predicted octanol–water partition coefficient (Wildman–Crippen LogP) is 2.40. The van der Waals surface area contributed by atoms with Gasteiger partial charge in [0.2, 0.25) is 5.91 Å². The molecule has 168 valence electrons. The molecule has 2 aromatic rings. The molecule has 0 aliphatic carbocycles. The molecule has 0 saturated carbocycles. The maximum Gasteiger partial charge on any atom is 0.255 e. The summed E-state index contributed by atoms with van der Waals surface area (Å²) in [4.78, 5) is 27.9. The number of halogens is 1. The van der Waals surface area contributed by atoms with Gasteiger partial charge in [0.05, 0.1) is 24.5 Å². The van der Waals surface area contributed by atoms with Crippen LogP contribution in [0.3, 0.4) is 0 Å². The number of likely N-dealkylation sites (tertiary alicyclic amines) is 1. The van der Waals surface area contributed by atoms with E-state index in [0.29, 0.717) is 18.3 Å². The molecule has 2 amide bonds. The Morgan fingerprint density at radius 3 is 2.81 bits per heavy atom. The lowest BCUT2D eigenvalue weighted by molar-refractivity contribution is -0.134. The van der Waals surface area contributed by atoms with E-state index in [1.807, 2.05) is 4.68 Å². The Hall–Kier alpha value is -2.78. The largest absolute Gasteiger partial charge is 0.370 e. The van der Waals surface area contributed by atoms with Crippen LogP contribution in [0.4, 0.5) is 10.1 Å². The van der Waals surface area contributed by atoms with Gasteiger partial charge in [-0.25, -0.2) is 4.39 Å². The molecular weight excluding hydrogens is 401 g/mol. The maximum absolute atomic E-state index is 13.4. The van der Waals surface area contributed by atoms with Gasteiger partial charge in [-0.2, -0.15) is 5.10 Å². The van der Waals surface area contributed by atoms with Crippen molar-refractivity contribution < 1.29 is 18.7 Å². The van der Waals surface area contributed by atoms with E-state index in [4.69, 9.17) is 4.74 Å². The Labute approximate surface area is 182 Å². The molecule has 31 heavy (non-hydrogen) atoms. The van der Waals surface area contributed by atoms with Gasteiger partial charge in [-0.15, -0.1) is 0 Å². The van der Waals surface area contributed by atoms with E-state index in [-0.39, 0.29) is 36.1 Å². The first-order valence-electron chi connectivity index (χ1n) is 10.4. The minimum Gasteiger partial charge on any atom is -0.370 e. The van der Waals surface area contributed by atoms with Crippen molar-refractivity contribution in [2.45, 2.75) is 38.4 Å². The van der Waals surface area contributed by atoms with Crippen LogP contribution in [0.2, 0.25) is 0 Å². The molecule has 8 nitrogen and oxygen atoms in total. The first-order valence-corrected chi connectivity index (χ1v) is 10.4. The first-order chi connectivity index (χ1) is 14.7. The number of hydrogen-bond donors (Lipinski definition) is 1. The van der Waals surface area contributed by atoms with Crippen LogP contribution >= 0.6 is 0 Å². The molecule has 9 heteroatoms. The Morgan fingerprint density at radius 1 is 1.35 bits per heavy atom. The van der Waals surface area contributed by atoms with Crippen molar-refractivity contribution in [3.63, 3.8) is 0 Å². The summed E-state index contributed by atoms with van der Waals surface area (Å²) in [7, 11) is 3.42. The topological polar surface area (TPSA) is 79.7 Å². The fourth-order valence-electron chi connectivity index (χ4n) is 3.75. The summed E-state index contributed by atoms with van der Waals surface area (Å²) in [5.41, 5.74) is 0.811. The van der Waals surface area contributed by atoms with Crippen molar-refractivity contribution in [2.75, 3.05) is 39.2 Å². The van der Waals surface area contributed by atoms with E-state index in [1.165, 1.54) is 23.1 Å². The van der Waals surface area contributed by atoms with Crippen LogP contribution in [-0.4, -0.2) is 77.3 Å².